The summed E-state index contributed by atoms with van der Waals surface area (Å²) in [6, 6.07) is 22.4. The van der Waals surface area contributed by atoms with Crippen LogP contribution in [-0.4, -0.2) is 39.9 Å². The van der Waals surface area contributed by atoms with E-state index >= 15 is 0 Å². The Bertz CT molecular complexity index is 1540. The average Bonchev–Trinajstić information content (AvgIpc) is 2.96. The molecule has 0 amide bonds. The lowest BCUT2D eigenvalue weighted by Crippen LogP contribution is -2.41. The summed E-state index contributed by atoms with van der Waals surface area (Å²) in [6.45, 7) is 15.8. The highest BCUT2D eigenvalue weighted by molar-refractivity contribution is 7.89. The molecule has 0 N–H and O–H groups in total. The van der Waals surface area contributed by atoms with E-state index in [0.29, 0.717) is 17.5 Å². The Morgan fingerprint density at radius 2 is 1.60 bits per heavy atom. The van der Waals surface area contributed by atoms with E-state index in [1.807, 2.05) is 67.6 Å². The molecule has 0 aliphatic carbocycles. The summed E-state index contributed by atoms with van der Waals surface area (Å²) >= 11 is 0. The van der Waals surface area contributed by atoms with Crippen molar-refractivity contribution in [2.45, 2.75) is 83.0 Å². The van der Waals surface area contributed by atoms with Crippen molar-refractivity contribution in [3.8, 4) is 0 Å². The summed E-state index contributed by atoms with van der Waals surface area (Å²) in [5.41, 5.74) is 5.19. The highest BCUT2D eigenvalue weighted by Crippen LogP contribution is 2.41. The van der Waals surface area contributed by atoms with Crippen LogP contribution in [0.1, 0.15) is 79.3 Å². The summed E-state index contributed by atoms with van der Waals surface area (Å²) in [6.07, 6.45) is 3.79. The smallest absolute Gasteiger partial charge is 0.243 e. The third-order valence-electron chi connectivity index (χ3n) is 8.76. The molecule has 0 saturated carbocycles. The molecule has 1 atom stereocenters. The zero-order valence-electron chi connectivity index (χ0n) is 26.1. The van der Waals surface area contributed by atoms with Crippen molar-refractivity contribution >= 4 is 24.1 Å². The molecule has 0 aromatic heterocycles. The Labute approximate surface area is 253 Å². The van der Waals surface area contributed by atoms with Crippen molar-refractivity contribution in [3.63, 3.8) is 0 Å². The van der Waals surface area contributed by atoms with Crippen LogP contribution in [-0.2, 0) is 20.9 Å². The second-order valence-electron chi connectivity index (χ2n) is 13.0. The summed E-state index contributed by atoms with van der Waals surface area (Å²) in [4.78, 5) is 14.2. The highest BCUT2D eigenvalue weighted by atomic mass is 32.2. The van der Waals surface area contributed by atoms with Gasteiger partial charge in [-0.15, -0.1) is 0 Å². The van der Waals surface area contributed by atoms with E-state index in [0.717, 1.165) is 35.1 Å². The molecule has 3 aromatic carbocycles. The van der Waals surface area contributed by atoms with Gasteiger partial charge in [-0.1, -0.05) is 92.6 Å². The van der Waals surface area contributed by atoms with E-state index in [1.165, 1.54) is 4.31 Å². The molecule has 0 saturated heterocycles. The number of carbonyl (C=O) groups is 1. The third-order valence-corrected chi connectivity index (χ3v) is 15.1. The SMILES string of the molecule is C/C1=C/CN(S(=O)(=O)c2ccc(C)cc2)CCc2ccc(cc2C(=O)c2ccccc2)[C@H](O[Si](C)(C)C(C)(C)C)CC1. The van der Waals surface area contributed by atoms with Gasteiger partial charge in [-0.3, -0.25) is 4.79 Å². The fourth-order valence-electron chi connectivity index (χ4n) is 4.93. The number of hydrogen-bond donors (Lipinski definition) is 0. The van der Waals surface area contributed by atoms with Crippen LogP contribution in [0.4, 0.5) is 0 Å². The van der Waals surface area contributed by atoms with Gasteiger partial charge in [0.15, 0.2) is 14.1 Å². The van der Waals surface area contributed by atoms with E-state index in [4.69, 9.17) is 4.43 Å². The topological polar surface area (TPSA) is 63.7 Å². The lowest BCUT2D eigenvalue weighted by Gasteiger charge is -2.39. The van der Waals surface area contributed by atoms with Crippen LogP contribution in [0.2, 0.25) is 18.1 Å². The number of fused-ring (bicyclic) bond motifs is 9. The number of carbonyl (C=O) groups excluding carboxylic acids is 1. The molecule has 2 aliphatic rings. The molecule has 224 valence electrons. The number of aryl methyl sites for hydroxylation is 1. The minimum Gasteiger partial charge on any atom is -0.410 e. The molecule has 2 bridgehead atoms. The number of nitrogens with zero attached hydrogens (tertiary/aromatic N) is 1. The Morgan fingerprint density at radius 1 is 0.929 bits per heavy atom. The van der Waals surface area contributed by atoms with E-state index in [1.54, 1.807) is 12.1 Å². The third kappa shape index (κ3) is 7.38. The van der Waals surface area contributed by atoms with Gasteiger partial charge in [-0.05, 0) is 80.6 Å². The van der Waals surface area contributed by atoms with E-state index < -0.39 is 18.3 Å². The minimum absolute atomic E-state index is 0.0342. The maximum Gasteiger partial charge on any atom is 0.243 e. The number of ketones is 1. The molecular formula is C35H45NO4SSi. The fourth-order valence-corrected chi connectivity index (χ4v) is 7.63. The van der Waals surface area contributed by atoms with Crippen molar-refractivity contribution in [1.29, 1.82) is 0 Å². The van der Waals surface area contributed by atoms with Crippen LogP contribution in [0.15, 0.2) is 89.3 Å². The summed E-state index contributed by atoms with van der Waals surface area (Å²) in [5.74, 6) is -0.0596. The highest BCUT2D eigenvalue weighted by Gasteiger charge is 2.39. The molecular weight excluding hydrogens is 559 g/mol. The van der Waals surface area contributed by atoms with Crippen LogP contribution in [0.3, 0.4) is 0 Å². The summed E-state index contributed by atoms with van der Waals surface area (Å²) in [5, 5.41) is 0.0342. The first-order valence-corrected chi connectivity index (χ1v) is 19.2. The van der Waals surface area contributed by atoms with Crippen molar-refractivity contribution < 1.29 is 17.6 Å². The molecule has 5 nitrogen and oxygen atoms in total. The quantitative estimate of drug-likeness (QED) is 0.162. The zero-order chi connectivity index (χ0) is 30.7. The molecule has 5 rings (SSSR count). The maximum absolute atomic E-state index is 13.9. The molecule has 42 heavy (non-hydrogen) atoms. The van der Waals surface area contributed by atoms with Gasteiger partial charge < -0.3 is 4.43 Å². The van der Waals surface area contributed by atoms with E-state index in [9.17, 15) is 13.2 Å². The Balaban J connectivity index is 1.80. The van der Waals surface area contributed by atoms with Crippen LogP contribution < -0.4 is 0 Å². The van der Waals surface area contributed by atoms with Gasteiger partial charge in [0, 0.05) is 24.2 Å². The zero-order valence-corrected chi connectivity index (χ0v) is 27.9. The Hall–Kier alpha value is -2.84. The summed E-state index contributed by atoms with van der Waals surface area (Å²) in [7, 11) is -5.87. The van der Waals surface area contributed by atoms with Crippen molar-refractivity contribution in [1.82, 2.24) is 4.31 Å². The fraction of sp³-hybridized carbons (Fsp3) is 0.400. The first-order chi connectivity index (χ1) is 19.7. The van der Waals surface area contributed by atoms with Crippen LogP contribution in [0.25, 0.3) is 0 Å². The second kappa shape index (κ2) is 12.8. The number of benzene rings is 3. The Morgan fingerprint density at radius 3 is 2.24 bits per heavy atom. The Kier molecular flexibility index (Phi) is 9.78. The van der Waals surface area contributed by atoms with Crippen molar-refractivity contribution in [3.05, 3.63) is 112 Å². The number of hydrogen-bond acceptors (Lipinski definition) is 4. The average molecular weight is 604 g/mol. The van der Waals surface area contributed by atoms with Gasteiger partial charge in [0.25, 0.3) is 0 Å². The molecule has 0 spiro atoms. The van der Waals surface area contributed by atoms with E-state index in [2.05, 4.69) is 46.9 Å². The molecule has 2 heterocycles. The predicted molar refractivity (Wildman–Crippen MR) is 174 cm³/mol. The van der Waals surface area contributed by atoms with E-state index in [-0.39, 0.29) is 34.9 Å². The predicted octanol–water partition coefficient (Wildman–Crippen LogP) is 8.26. The monoisotopic (exact) mass is 603 g/mol. The van der Waals surface area contributed by atoms with Crippen molar-refractivity contribution in [2.24, 2.45) is 0 Å². The molecule has 0 radical (unpaired) electrons. The van der Waals surface area contributed by atoms with Crippen LogP contribution in [0.5, 0.6) is 0 Å². The van der Waals surface area contributed by atoms with Gasteiger partial charge in [0.1, 0.15) is 0 Å². The lowest BCUT2D eigenvalue weighted by molar-refractivity contribution is 0.103. The van der Waals surface area contributed by atoms with Crippen LogP contribution >= 0.6 is 0 Å². The number of allylic oxidation sites excluding steroid dienone is 1. The minimum atomic E-state index is -3.74. The maximum atomic E-state index is 13.9. The number of rotatable bonds is 6. The largest absolute Gasteiger partial charge is 0.410 e. The summed E-state index contributed by atoms with van der Waals surface area (Å²) < 4.78 is 36.1. The van der Waals surface area contributed by atoms with Gasteiger partial charge in [-0.2, -0.15) is 4.31 Å². The number of sulfonamides is 1. The molecule has 2 aliphatic heterocycles. The van der Waals surface area contributed by atoms with Crippen molar-refractivity contribution in [2.75, 3.05) is 13.1 Å². The first-order valence-electron chi connectivity index (χ1n) is 14.8. The molecule has 3 aromatic rings. The first kappa shape index (κ1) is 32.1. The normalized spacial score (nSPS) is 18.8. The lowest BCUT2D eigenvalue weighted by atomic mass is 9.92. The second-order valence-corrected chi connectivity index (χ2v) is 19.7. The standard InChI is InChI=1S/C35H45NO4SSi/c1-26-13-18-31(19-14-26)41(38,39)36-23-21-27(2)15-20-33(40-42(6,7)35(3,4)5)30-17-16-28(22-24-36)32(25-30)34(37)29-11-9-8-10-12-29/h8-14,16-19,21,25,33H,15,20,22-24H2,1-7H3/b27-21-/t33-/m1/s1. The molecule has 0 fully saturated rings. The van der Waals surface area contributed by atoms with Gasteiger partial charge in [-0.25, -0.2) is 8.42 Å². The van der Waals surface area contributed by atoms with Crippen LogP contribution in [0, 0.1) is 6.92 Å². The van der Waals surface area contributed by atoms with Gasteiger partial charge in [0.05, 0.1) is 11.0 Å². The van der Waals surface area contributed by atoms with Gasteiger partial charge >= 0.3 is 0 Å². The molecule has 0 unspecified atom stereocenters. The van der Waals surface area contributed by atoms with Gasteiger partial charge in [0.2, 0.25) is 10.0 Å². The molecule has 7 heteroatoms.